The zero-order valence-corrected chi connectivity index (χ0v) is 19.9. The van der Waals surface area contributed by atoms with Crippen LogP contribution in [0.1, 0.15) is 43.3 Å². The largest absolute Gasteiger partial charge is 0.355 e. The van der Waals surface area contributed by atoms with Gasteiger partial charge in [0.15, 0.2) is 0 Å². The zero-order chi connectivity index (χ0) is 23.8. The maximum atomic E-state index is 12.9. The van der Waals surface area contributed by atoms with E-state index in [4.69, 9.17) is 9.97 Å². The third-order valence-corrected chi connectivity index (χ3v) is 6.04. The third kappa shape index (κ3) is 5.98. The van der Waals surface area contributed by atoms with E-state index in [-0.39, 0.29) is 11.9 Å². The molecule has 0 aliphatic rings. The Kier molecular flexibility index (Phi) is 7.87. The van der Waals surface area contributed by atoms with Crippen LogP contribution in [0.5, 0.6) is 0 Å². The van der Waals surface area contributed by atoms with E-state index in [2.05, 4.69) is 47.5 Å². The van der Waals surface area contributed by atoms with Gasteiger partial charge in [0.25, 0.3) is 0 Å². The van der Waals surface area contributed by atoms with Gasteiger partial charge in [-0.05, 0) is 36.6 Å². The van der Waals surface area contributed by atoms with Crippen LogP contribution < -0.4 is 10.2 Å². The van der Waals surface area contributed by atoms with Crippen LogP contribution in [0.25, 0.3) is 10.9 Å². The lowest BCUT2D eigenvalue weighted by atomic mass is 10.1. The number of fused-ring (bicyclic) bond motifs is 1. The number of hydrogen-bond acceptors (Lipinski definition) is 4. The van der Waals surface area contributed by atoms with Crippen LogP contribution in [-0.4, -0.2) is 29.0 Å². The number of nitrogens with one attached hydrogen (secondary N) is 1. The second kappa shape index (κ2) is 11.4. The van der Waals surface area contributed by atoms with Crippen molar-refractivity contribution in [1.29, 1.82) is 0 Å². The number of hydrogen-bond donors (Lipinski definition) is 1. The van der Waals surface area contributed by atoms with Crippen LogP contribution in [0.3, 0.4) is 0 Å². The second-order valence-electron chi connectivity index (χ2n) is 8.51. The van der Waals surface area contributed by atoms with E-state index in [0.717, 1.165) is 47.5 Å². The fourth-order valence-electron chi connectivity index (χ4n) is 4.11. The normalized spacial score (nSPS) is 11.8. The van der Waals surface area contributed by atoms with E-state index in [1.165, 1.54) is 5.56 Å². The lowest BCUT2D eigenvalue weighted by molar-refractivity contribution is -0.121. The molecule has 174 valence electrons. The molecule has 5 heteroatoms. The molecule has 0 aliphatic carbocycles. The second-order valence-corrected chi connectivity index (χ2v) is 8.51. The summed E-state index contributed by atoms with van der Waals surface area (Å²) in [6.45, 7) is 5.45. The Hall–Kier alpha value is -3.73. The maximum absolute atomic E-state index is 12.9. The molecule has 0 saturated carbocycles. The van der Waals surface area contributed by atoms with Gasteiger partial charge in [-0.2, -0.15) is 0 Å². The summed E-state index contributed by atoms with van der Waals surface area (Å²) < 4.78 is 0. The van der Waals surface area contributed by atoms with E-state index in [1.807, 2.05) is 61.5 Å². The van der Waals surface area contributed by atoms with Gasteiger partial charge in [-0.3, -0.25) is 4.79 Å². The number of nitrogens with zero attached hydrogens (tertiary/aromatic N) is 3. The first-order valence-electron chi connectivity index (χ1n) is 12.0. The average molecular weight is 453 g/mol. The smallest absolute Gasteiger partial charge is 0.222 e. The van der Waals surface area contributed by atoms with Gasteiger partial charge >= 0.3 is 0 Å². The molecule has 5 nitrogen and oxygen atoms in total. The van der Waals surface area contributed by atoms with Crippen molar-refractivity contribution >= 4 is 22.6 Å². The van der Waals surface area contributed by atoms with Gasteiger partial charge in [0.2, 0.25) is 5.91 Å². The van der Waals surface area contributed by atoms with Gasteiger partial charge in [-0.1, -0.05) is 79.7 Å². The number of aryl methyl sites for hydroxylation is 1. The van der Waals surface area contributed by atoms with Gasteiger partial charge in [0.05, 0.1) is 11.6 Å². The van der Waals surface area contributed by atoms with Crippen molar-refractivity contribution in [2.75, 3.05) is 18.0 Å². The minimum Gasteiger partial charge on any atom is -0.355 e. The molecule has 0 fully saturated rings. The zero-order valence-electron chi connectivity index (χ0n) is 19.9. The molecule has 0 radical (unpaired) electrons. The number of benzene rings is 3. The molecule has 4 rings (SSSR count). The van der Waals surface area contributed by atoms with E-state index in [1.54, 1.807) is 0 Å². The number of amides is 1. The number of carbonyl (C=O) groups excluding carboxylic acids is 1. The summed E-state index contributed by atoms with van der Waals surface area (Å²) in [4.78, 5) is 24.7. The number of aromatic nitrogens is 2. The van der Waals surface area contributed by atoms with Crippen molar-refractivity contribution < 1.29 is 4.79 Å². The van der Waals surface area contributed by atoms with Crippen molar-refractivity contribution in [3.05, 3.63) is 102 Å². The molecule has 1 aromatic heterocycles. The molecule has 0 spiro atoms. The van der Waals surface area contributed by atoms with Crippen LogP contribution in [0.4, 0.5) is 5.82 Å². The Balaban J connectivity index is 1.54. The predicted molar refractivity (Wildman–Crippen MR) is 139 cm³/mol. The molecular weight excluding hydrogens is 420 g/mol. The standard InChI is InChI=1S/C29H32N4O/c1-3-27-31-26-17-11-10-16-25(26)29(32-27)33(20-18-23-12-6-4-7-13-23)21-19-28(34)30-22(2)24-14-8-5-9-15-24/h4-17,22H,3,18-21H2,1-2H3,(H,30,34)/t22-/m1/s1. The van der Waals surface area contributed by atoms with E-state index in [9.17, 15) is 4.79 Å². The van der Waals surface area contributed by atoms with Crippen LogP contribution >= 0.6 is 0 Å². The molecule has 1 N–H and O–H groups in total. The Morgan fingerprint density at radius 2 is 1.56 bits per heavy atom. The molecule has 0 aliphatic heterocycles. The van der Waals surface area contributed by atoms with E-state index < -0.39 is 0 Å². The van der Waals surface area contributed by atoms with Crippen molar-refractivity contribution in [1.82, 2.24) is 15.3 Å². The summed E-state index contributed by atoms with van der Waals surface area (Å²) in [5, 5.41) is 4.16. The average Bonchev–Trinajstić information content (AvgIpc) is 2.89. The highest BCUT2D eigenvalue weighted by Crippen LogP contribution is 2.25. The Morgan fingerprint density at radius 1 is 0.882 bits per heavy atom. The third-order valence-electron chi connectivity index (χ3n) is 6.04. The lowest BCUT2D eigenvalue weighted by Gasteiger charge is -2.26. The first kappa shape index (κ1) is 23.4. The van der Waals surface area contributed by atoms with Crippen molar-refractivity contribution in [2.45, 2.75) is 39.2 Å². The first-order valence-corrected chi connectivity index (χ1v) is 12.0. The minimum atomic E-state index is -0.0296. The summed E-state index contributed by atoms with van der Waals surface area (Å²) in [7, 11) is 0. The molecule has 34 heavy (non-hydrogen) atoms. The summed E-state index contributed by atoms with van der Waals surface area (Å²) in [6, 6.07) is 28.6. The lowest BCUT2D eigenvalue weighted by Crippen LogP contribution is -2.34. The van der Waals surface area contributed by atoms with E-state index >= 15 is 0 Å². The number of para-hydroxylation sites is 1. The molecule has 4 aromatic rings. The number of rotatable bonds is 10. The molecule has 3 aromatic carbocycles. The van der Waals surface area contributed by atoms with Crippen molar-refractivity contribution in [3.8, 4) is 0 Å². The maximum Gasteiger partial charge on any atom is 0.222 e. The highest BCUT2D eigenvalue weighted by molar-refractivity contribution is 5.89. The topological polar surface area (TPSA) is 58.1 Å². The summed E-state index contributed by atoms with van der Waals surface area (Å²) in [5.74, 6) is 1.76. The summed E-state index contributed by atoms with van der Waals surface area (Å²) in [6.07, 6.45) is 2.04. The Labute approximate surface area is 201 Å². The monoisotopic (exact) mass is 452 g/mol. The van der Waals surface area contributed by atoms with Crippen molar-refractivity contribution in [2.24, 2.45) is 0 Å². The summed E-state index contributed by atoms with van der Waals surface area (Å²) in [5.41, 5.74) is 3.31. The molecule has 1 amide bonds. The molecular formula is C29H32N4O. The highest BCUT2D eigenvalue weighted by Gasteiger charge is 2.17. The number of carbonyl (C=O) groups is 1. The van der Waals surface area contributed by atoms with Gasteiger partial charge in [0, 0.05) is 31.3 Å². The molecule has 0 saturated heterocycles. The fraction of sp³-hybridized carbons (Fsp3) is 0.276. The Morgan fingerprint density at radius 3 is 2.29 bits per heavy atom. The van der Waals surface area contributed by atoms with Gasteiger partial charge < -0.3 is 10.2 Å². The van der Waals surface area contributed by atoms with Gasteiger partial charge in [-0.15, -0.1) is 0 Å². The van der Waals surface area contributed by atoms with Crippen LogP contribution in [0, 0.1) is 0 Å². The predicted octanol–water partition coefficient (Wildman–Crippen LogP) is 5.51. The quantitative estimate of drug-likeness (QED) is 0.345. The van der Waals surface area contributed by atoms with Crippen LogP contribution in [0.15, 0.2) is 84.9 Å². The summed E-state index contributed by atoms with van der Waals surface area (Å²) >= 11 is 0. The fourth-order valence-corrected chi connectivity index (χ4v) is 4.11. The highest BCUT2D eigenvalue weighted by atomic mass is 16.1. The Bertz CT molecular complexity index is 1210. The molecule has 0 bridgehead atoms. The van der Waals surface area contributed by atoms with E-state index in [0.29, 0.717) is 13.0 Å². The van der Waals surface area contributed by atoms with Crippen LogP contribution in [-0.2, 0) is 17.6 Å². The molecule has 1 heterocycles. The minimum absolute atomic E-state index is 0.0296. The van der Waals surface area contributed by atoms with Gasteiger partial charge in [0.1, 0.15) is 11.6 Å². The first-order chi connectivity index (χ1) is 16.6. The van der Waals surface area contributed by atoms with Crippen LogP contribution in [0.2, 0.25) is 0 Å². The number of anilines is 1. The van der Waals surface area contributed by atoms with Crippen molar-refractivity contribution in [3.63, 3.8) is 0 Å². The molecule has 0 unspecified atom stereocenters. The van der Waals surface area contributed by atoms with Gasteiger partial charge in [-0.25, -0.2) is 9.97 Å². The molecule has 1 atom stereocenters. The SMILES string of the molecule is CCc1nc(N(CCC(=O)N[C@H](C)c2ccccc2)CCc2ccccc2)c2ccccc2n1.